The van der Waals surface area contributed by atoms with Gasteiger partial charge in [-0.25, -0.2) is 0 Å². The highest BCUT2D eigenvalue weighted by Crippen LogP contribution is 2.29. The van der Waals surface area contributed by atoms with E-state index in [1.807, 2.05) is 0 Å². The zero-order valence-electron chi connectivity index (χ0n) is 21.0. The van der Waals surface area contributed by atoms with Crippen molar-refractivity contribution >= 4 is 5.97 Å². The first-order valence-electron chi connectivity index (χ1n) is 13.9. The molecule has 0 saturated heterocycles. The van der Waals surface area contributed by atoms with E-state index in [0.717, 1.165) is 25.7 Å². The topological polar surface area (TPSA) is 40.1 Å². The van der Waals surface area contributed by atoms with Crippen LogP contribution in [0.4, 0.5) is 0 Å². The lowest BCUT2D eigenvalue weighted by Crippen LogP contribution is -2.36. The minimum atomic E-state index is -0.779. The number of carbonyl (C=O) groups is 1. The first-order valence-corrected chi connectivity index (χ1v) is 13.9. The van der Waals surface area contributed by atoms with Gasteiger partial charge >= 0.3 is 0 Å². The van der Waals surface area contributed by atoms with Crippen LogP contribution in [-0.2, 0) is 4.79 Å². The average Bonchev–Trinajstić information content (AvgIpc) is 2.73. The third-order valence-electron chi connectivity index (χ3n) is 6.85. The third-order valence-corrected chi connectivity index (χ3v) is 6.85. The van der Waals surface area contributed by atoms with Crippen LogP contribution in [0.15, 0.2) is 0 Å². The van der Waals surface area contributed by atoms with E-state index in [0.29, 0.717) is 5.92 Å². The number of carboxylic acid groups (broad SMARTS) is 1. The molecule has 0 aliphatic heterocycles. The van der Waals surface area contributed by atoms with Crippen LogP contribution in [0.1, 0.15) is 162 Å². The largest absolute Gasteiger partial charge is 0.550 e. The minimum Gasteiger partial charge on any atom is -0.550 e. The number of rotatable bonds is 24. The van der Waals surface area contributed by atoms with Gasteiger partial charge in [-0.2, -0.15) is 0 Å². The van der Waals surface area contributed by atoms with E-state index in [1.165, 1.54) is 116 Å². The zero-order valence-corrected chi connectivity index (χ0v) is 21.0. The summed E-state index contributed by atoms with van der Waals surface area (Å²) < 4.78 is 0. The van der Waals surface area contributed by atoms with Crippen molar-refractivity contribution in [2.45, 2.75) is 162 Å². The third kappa shape index (κ3) is 18.3. The molecule has 2 unspecified atom stereocenters. The van der Waals surface area contributed by atoms with E-state index < -0.39 is 5.97 Å². The number of aliphatic carboxylic acids is 1. The second kappa shape index (κ2) is 23.1. The highest BCUT2D eigenvalue weighted by molar-refractivity contribution is 5.67. The Morgan fingerprint density at radius 3 is 1.17 bits per heavy atom. The Bertz CT molecular complexity index is 353. The molecule has 30 heavy (non-hydrogen) atoms. The molecule has 0 fully saturated rings. The molecule has 0 spiro atoms. The second-order valence-electron chi connectivity index (χ2n) is 9.71. The van der Waals surface area contributed by atoms with Crippen LogP contribution >= 0.6 is 0 Å². The molecule has 0 aromatic heterocycles. The van der Waals surface area contributed by atoms with Crippen LogP contribution in [0.25, 0.3) is 0 Å². The smallest absolute Gasteiger partial charge is 0.0448 e. The normalized spacial score (nSPS) is 13.4. The van der Waals surface area contributed by atoms with E-state index in [4.69, 9.17) is 0 Å². The summed E-state index contributed by atoms with van der Waals surface area (Å²) in [5.41, 5.74) is 0. The second-order valence-corrected chi connectivity index (χ2v) is 9.71. The molecule has 2 nitrogen and oxygen atoms in total. The van der Waals surface area contributed by atoms with Gasteiger partial charge in [0.05, 0.1) is 0 Å². The fourth-order valence-corrected chi connectivity index (χ4v) is 4.79. The van der Waals surface area contributed by atoms with Crippen molar-refractivity contribution < 1.29 is 9.90 Å². The van der Waals surface area contributed by atoms with Crippen molar-refractivity contribution in [2.75, 3.05) is 0 Å². The Hall–Kier alpha value is -0.530. The van der Waals surface area contributed by atoms with Gasteiger partial charge in [-0.3, -0.25) is 0 Å². The van der Waals surface area contributed by atoms with Crippen molar-refractivity contribution in [3.05, 3.63) is 0 Å². The summed E-state index contributed by atoms with van der Waals surface area (Å²) in [5, 5.41) is 11.9. The first kappa shape index (κ1) is 29.5. The van der Waals surface area contributed by atoms with E-state index in [-0.39, 0.29) is 5.92 Å². The average molecular weight is 424 g/mol. The Balaban J connectivity index is 4.30. The molecule has 0 aromatic carbocycles. The summed E-state index contributed by atoms with van der Waals surface area (Å²) in [5.74, 6) is -0.655. The van der Waals surface area contributed by atoms with Crippen molar-refractivity contribution in [3.8, 4) is 0 Å². The summed E-state index contributed by atoms with van der Waals surface area (Å²) in [6.07, 6.45) is 27.4. The number of carboxylic acids is 1. The Labute approximate surface area is 190 Å². The molecule has 0 radical (unpaired) electrons. The van der Waals surface area contributed by atoms with E-state index >= 15 is 0 Å². The lowest BCUT2D eigenvalue weighted by Gasteiger charge is -2.28. The molecule has 0 saturated carbocycles. The van der Waals surface area contributed by atoms with Crippen LogP contribution in [0.2, 0.25) is 0 Å². The van der Waals surface area contributed by atoms with Crippen LogP contribution < -0.4 is 5.11 Å². The molecule has 0 heterocycles. The standard InChI is InChI=1S/C28H56O2/c1-4-7-10-13-15-16-17-19-21-24-26(23-20-18-14-11-8-5-2)27(28(29)30)25-22-12-9-6-3/h26-27H,4-25H2,1-3H3,(H,29,30)/p-1. The molecular formula is C28H55O2-. The van der Waals surface area contributed by atoms with Gasteiger partial charge in [0.1, 0.15) is 0 Å². The number of unbranched alkanes of at least 4 members (excludes halogenated alkanes) is 16. The van der Waals surface area contributed by atoms with E-state index in [2.05, 4.69) is 20.8 Å². The van der Waals surface area contributed by atoms with Crippen LogP contribution in [0.5, 0.6) is 0 Å². The van der Waals surface area contributed by atoms with E-state index in [9.17, 15) is 9.90 Å². The van der Waals surface area contributed by atoms with Gasteiger partial charge in [0.15, 0.2) is 0 Å². The minimum absolute atomic E-state index is 0.216. The fourth-order valence-electron chi connectivity index (χ4n) is 4.79. The van der Waals surface area contributed by atoms with Gasteiger partial charge in [-0.05, 0) is 25.2 Å². The Morgan fingerprint density at radius 2 is 0.800 bits per heavy atom. The van der Waals surface area contributed by atoms with Gasteiger partial charge in [-0.1, -0.05) is 143 Å². The summed E-state index contributed by atoms with van der Waals surface area (Å²) in [7, 11) is 0. The predicted molar refractivity (Wildman–Crippen MR) is 131 cm³/mol. The lowest BCUT2D eigenvalue weighted by atomic mass is 9.80. The Kier molecular flexibility index (Phi) is 22.7. The van der Waals surface area contributed by atoms with Crippen molar-refractivity contribution in [1.29, 1.82) is 0 Å². The maximum absolute atomic E-state index is 11.9. The summed E-state index contributed by atoms with van der Waals surface area (Å²) in [6.45, 7) is 6.73. The highest BCUT2D eigenvalue weighted by atomic mass is 16.4. The van der Waals surface area contributed by atoms with Gasteiger partial charge in [0.25, 0.3) is 0 Å². The monoisotopic (exact) mass is 423 g/mol. The predicted octanol–water partition coefficient (Wildman–Crippen LogP) is 8.61. The molecule has 0 aromatic rings. The Morgan fingerprint density at radius 1 is 0.500 bits per heavy atom. The quantitative estimate of drug-likeness (QED) is 0.146. The molecule has 2 atom stereocenters. The number of hydrogen-bond donors (Lipinski definition) is 0. The molecule has 2 heteroatoms. The molecule has 0 N–H and O–H groups in total. The van der Waals surface area contributed by atoms with Crippen LogP contribution in [-0.4, -0.2) is 5.97 Å². The summed E-state index contributed by atoms with van der Waals surface area (Å²) in [6, 6.07) is 0. The maximum atomic E-state index is 11.9. The number of hydrogen-bond acceptors (Lipinski definition) is 2. The molecular weight excluding hydrogens is 368 g/mol. The molecule has 0 aliphatic carbocycles. The molecule has 0 bridgehead atoms. The molecule has 0 rings (SSSR count). The van der Waals surface area contributed by atoms with Crippen molar-refractivity contribution in [3.63, 3.8) is 0 Å². The first-order chi connectivity index (χ1) is 14.7. The lowest BCUT2D eigenvalue weighted by molar-refractivity contribution is -0.313. The van der Waals surface area contributed by atoms with Gasteiger partial charge < -0.3 is 9.90 Å². The molecule has 0 amide bonds. The molecule has 180 valence electrons. The highest BCUT2D eigenvalue weighted by Gasteiger charge is 2.21. The van der Waals surface area contributed by atoms with Gasteiger partial charge in [-0.15, -0.1) is 0 Å². The fraction of sp³-hybridized carbons (Fsp3) is 0.964. The van der Waals surface area contributed by atoms with Crippen LogP contribution in [0, 0.1) is 11.8 Å². The number of carbonyl (C=O) groups excluding carboxylic acids is 1. The van der Waals surface area contributed by atoms with E-state index in [1.54, 1.807) is 0 Å². The SMILES string of the molecule is CCCCCCCCCCCC(CCCCCCCC)C(CCCCCC)C(=O)[O-]. The van der Waals surface area contributed by atoms with Crippen LogP contribution in [0.3, 0.4) is 0 Å². The summed E-state index contributed by atoms with van der Waals surface area (Å²) >= 11 is 0. The summed E-state index contributed by atoms with van der Waals surface area (Å²) in [4.78, 5) is 11.9. The molecule has 0 aliphatic rings. The van der Waals surface area contributed by atoms with Gasteiger partial charge in [0, 0.05) is 11.9 Å². The van der Waals surface area contributed by atoms with Crippen molar-refractivity contribution in [1.82, 2.24) is 0 Å². The van der Waals surface area contributed by atoms with Gasteiger partial charge in [0.2, 0.25) is 0 Å². The maximum Gasteiger partial charge on any atom is 0.0448 e. The van der Waals surface area contributed by atoms with Crippen molar-refractivity contribution in [2.24, 2.45) is 11.8 Å². The zero-order chi connectivity index (χ0) is 22.3.